The number of allylic oxidation sites excluding steroid dienone is 1. The highest BCUT2D eigenvalue weighted by Crippen LogP contribution is 2.34. The lowest BCUT2D eigenvalue weighted by atomic mass is 10.0. The summed E-state index contributed by atoms with van der Waals surface area (Å²) < 4.78 is 44.2. The Balaban J connectivity index is 1.29. The molecule has 2 aromatic rings. The van der Waals surface area contributed by atoms with Crippen molar-refractivity contribution >= 4 is 17.7 Å². The second-order valence-electron chi connectivity index (χ2n) is 8.31. The van der Waals surface area contributed by atoms with E-state index in [1.54, 1.807) is 23.1 Å². The fraction of sp³-hybridized carbons (Fsp3) is 0.346. The van der Waals surface area contributed by atoms with Crippen LogP contribution in [0.3, 0.4) is 0 Å². The molecule has 2 fully saturated rings. The average Bonchev–Trinajstić information content (AvgIpc) is 3.25. The van der Waals surface area contributed by atoms with E-state index in [0.29, 0.717) is 31.0 Å². The molecule has 0 radical (unpaired) electrons. The van der Waals surface area contributed by atoms with Crippen molar-refractivity contribution in [2.45, 2.75) is 38.5 Å². The van der Waals surface area contributed by atoms with Crippen LogP contribution >= 0.6 is 0 Å². The molecule has 3 heterocycles. The summed E-state index contributed by atoms with van der Waals surface area (Å²) in [5.74, 6) is -1.23. The highest BCUT2D eigenvalue weighted by molar-refractivity contribution is 6.02. The Morgan fingerprint density at radius 2 is 2.00 bits per heavy atom. The van der Waals surface area contributed by atoms with Crippen molar-refractivity contribution in [2.75, 3.05) is 19.8 Å². The Kier molecular flexibility index (Phi) is 4.86. The molecule has 5 rings (SSSR count). The van der Waals surface area contributed by atoms with Crippen LogP contribution in [-0.4, -0.2) is 53.3 Å². The van der Waals surface area contributed by atoms with E-state index in [4.69, 9.17) is 15.0 Å². The first kappa shape index (κ1) is 17.8. The third kappa shape index (κ3) is 4.41. The third-order valence-electron chi connectivity index (χ3n) is 6.07. The van der Waals surface area contributed by atoms with Gasteiger partial charge in [-0.05, 0) is 36.1 Å². The van der Waals surface area contributed by atoms with Gasteiger partial charge in [-0.2, -0.15) is 0 Å². The van der Waals surface area contributed by atoms with E-state index in [-0.39, 0.29) is 42.2 Å². The van der Waals surface area contributed by atoms with E-state index in [1.165, 1.54) is 0 Å². The summed E-state index contributed by atoms with van der Waals surface area (Å²) in [7, 11) is 0. The summed E-state index contributed by atoms with van der Waals surface area (Å²) in [5, 5.41) is 0.281. The van der Waals surface area contributed by atoms with Gasteiger partial charge in [0.15, 0.2) is 1.41 Å². The molecular formula is C26H27N3O5. The number of piperidine rings is 1. The minimum Gasteiger partial charge on any atom is -0.489 e. The first-order chi connectivity index (χ1) is 18.0. The van der Waals surface area contributed by atoms with Crippen molar-refractivity contribution in [1.82, 2.24) is 15.1 Å². The zero-order valence-corrected chi connectivity index (χ0v) is 18.6. The van der Waals surface area contributed by atoms with Crippen LogP contribution in [0.25, 0.3) is 0 Å². The molecule has 176 valence electrons. The average molecular weight is 466 g/mol. The van der Waals surface area contributed by atoms with Gasteiger partial charge in [-0.1, -0.05) is 36.9 Å². The third-order valence-corrected chi connectivity index (χ3v) is 6.07. The maximum Gasteiger partial charge on any atom is 0.255 e. The highest BCUT2D eigenvalue weighted by atomic mass is 16.5. The summed E-state index contributed by atoms with van der Waals surface area (Å²) >= 11 is 0. The molecule has 8 nitrogen and oxygen atoms in total. The molecule has 0 bridgehead atoms. The number of rotatable bonds is 6. The number of amides is 3. The minimum absolute atomic E-state index is 0.0360. The summed E-state index contributed by atoms with van der Waals surface area (Å²) in [6.07, 6.45) is -2.82. The van der Waals surface area contributed by atoms with E-state index in [1.807, 2.05) is 24.3 Å². The normalized spacial score (nSPS) is 26.1. The van der Waals surface area contributed by atoms with Gasteiger partial charge in [-0.3, -0.25) is 14.4 Å². The molecule has 0 aromatic heterocycles. The van der Waals surface area contributed by atoms with E-state index >= 15 is 0 Å². The topological polar surface area (TPSA) is 88.2 Å². The number of benzene rings is 2. The molecule has 1 unspecified atom stereocenters. The number of nitrogens with one attached hydrogen (secondary N) is 1. The number of carbonyl (C=O) groups excluding carboxylic acids is 3. The van der Waals surface area contributed by atoms with Crippen LogP contribution in [0.4, 0.5) is 0 Å². The summed E-state index contributed by atoms with van der Waals surface area (Å²) in [4.78, 5) is 40.8. The van der Waals surface area contributed by atoms with E-state index in [0.717, 1.165) is 16.0 Å². The smallest absolute Gasteiger partial charge is 0.255 e. The zero-order valence-electron chi connectivity index (χ0n) is 22.6. The largest absolute Gasteiger partial charge is 0.489 e. The second-order valence-corrected chi connectivity index (χ2v) is 8.31. The molecule has 8 heteroatoms. The molecule has 2 saturated heterocycles. The highest BCUT2D eigenvalue weighted by Gasteiger charge is 2.39. The van der Waals surface area contributed by atoms with Gasteiger partial charge in [-0.15, -0.1) is 0 Å². The predicted molar refractivity (Wildman–Crippen MR) is 124 cm³/mol. The van der Waals surface area contributed by atoms with Gasteiger partial charge in [0.2, 0.25) is 11.8 Å². The number of ether oxygens (including phenoxy) is 2. The van der Waals surface area contributed by atoms with Crippen LogP contribution in [0.15, 0.2) is 54.7 Å². The number of morpholine rings is 1. The maximum absolute atomic E-state index is 13.2. The Morgan fingerprint density at radius 1 is 1.21 bits per heavy atom. The number of hydrogen-bond acceptors (Lipinski definition) is 5. The van der Waals surface area contributed by atoms with E-state index in [9.17, 15) is 14.4 Å². The standard InChI is InChI=1S/C26H27N3O5/c1-17-5-10-22(25(31)27-17)29-14-21-20(26(29)32)3-2-4-23(21)34-15-19-8-6-18(7-9-19)13-28-11-12-33-16-24(28)30/h2-4,6-9,22H,1,5,10-16H2,(H,27,31)/i5D2,22D/hD. The number of nitrogens with zero attached hydrogens (tertiary/aromatic N) is 2. The van der Waals surface area contributed by atoms with Gasteiger partial charge in [0.1, 0.15) is 25.0 Å². The second kappa shape index (κ2) is 9.30. The zero-order chi connectivity index (χ0) is 27.2. The number of carbonyl (C=O) groups is 3. The number of fused-ring (bicyclic) bond motifs is 1. The van der Waals surface area contributed by atoms with Gasteiger partial charge in [0.25, 0.3) is 5.91 Å². The van der Waals surface area contributed by atoms with Crippen LogP contribution in [0.2, 0.25) is 1.41 Å². The quantitative estimate of drug-likeness (QED) is 0.708. The van der Waals surface area contributed by atoms with E-state index < -0.39 is 30.6 Å². The summed E-state index contributed by atoms with van der Waals surface area (Å²) in [5.41, 5.74) is 2.27. The minimum atomic E-state index is -2.29. The molecule has 0 spiro atoms. The van der Waals surface area contributed by atoms with Gasteiger partial charge in [0, 0.05) is 32.7 Å². The van der Waals surface area contributed by atoms with Crippen LogP contribution < -0.4 is 10.0 Å². The molecule has 0 aliphatic carbocycles. The van der Waals surface area contributed by atoms with Crippen molar-refractivity contribution in [3.8, 4) is 5.75 Å². The lowest BCUT2D eigenvalue weighted by Crippen LogP contribution is -2.49. The van der Waals surface area contributed by atoms with Crippen LogP contribution in [0.1, 0.15) is 44.0 Å². The van der Waals surface area contributed by atoms with Gasteiger partial charge in [-0.25, -0.2) is 0 Å². The fourth-order valence-electron chi connectivity index (χ4n) is 4.20. The Labute approximate surface area is 203 Å². The van der Waals surface area contributed by atoms with Crippen LogP contribution in [0, 0.1) is 0 Å². The van der Waals surface area contributed by atoms with E-state index in [2.05, 4.69) is 6.58 Å². The van der Waals surface area contributed by atoms with Crippen molar-refractivity contribution in [3.63, 3.8) is 0 Å². The molecule has 2 aromatic carbocycles. The Morgan fingerprint density at radius 3 is 2.79 bits per heavy atom. The molecule has 3 aliphatic rings. The molecule has 3 amide bonds. The monoisotopic (exact) mass is 465 g/mol. The lowest BCUT2D eigenvalue weighted by molar-refractivity contribution is -0.143. The van der Waals surface area contributed by atoms with Gasteiger partial charge in [0.05, 0.1) is 14.5 Å². The SMILES string of the molecule is [2H]N1C(=C)C([2H])([2H])CC([2H])(N2Cc3c(OCc4ccc(CN5CCOCC5=O)cc4)cccc3C2=O)C1=O. The first-order valence-electron chi connectivity index (χ1n) is 13.0. The fourth-order valence-corrected chi connectivity index (χ4v) is 4.20. The summed E-state index contributed by atoms with van der Waals surface area (Å²) in [6, 6.07) is 10.3. The van der Waals surface area contributed by atoms with Crippen molar-refractivity contribution in [3.05, 3.63) is 77.0 Å². The van der Waals surface area contributed by atoms with Crippen LogP contribution in [-0.2, 0) is 34.0 Å². The molecular weight excluding hydrogens is 434 g/mol. The Bertz CT molecular complexity index is 1320. The molecule has 1 atom stereocenters. The van der Waals surface area contributed by atoms with Crippen LogP contribution in [0.5, 0.6) is 5.75 Å². The Hall–Kier alpha value is -3.65. The van der Waals surface area contributed by atoms with Crippen molar-refractivity contribution < 1.29 is 29.4 Å². The lowest BCUT2D eigenvalue weighted by Gasteiger charge is -2.31. The van der Waals surface area contributed by atoms with Gasteiger partial charge >= 0.3 is 0 Å². The van der Waals surface area contributed by atoms with Crippen molar-refractivity contribution in [1.29, 1.82) is 0 Å². The number of hydrogen-bond donors (Lipinski definition) is 1. The maximum atomic E-state index is 13.2. The molecule has 3 aliphatic heterocycles. The predicted octanol–water partition coefficient (Wildman–Crippen LogP) is 2.37. The molecule has 0 saturated carbocycles. The van der Waals surface area contributed by atoms with Gasteiger partial charge < -0.3 is 24.6 Å². The molecule has 1 N–H and O–H groups in total. The summed E-state index contributed by atoms with van der Waals surface area (Å²) in [6.45, 7) is 5.24. The molecule has 34 heavy (non-hydrogen) atoms. The first-order valence-corrected chi connectivity index (χ1v) is 11.0. The van der Waals surface area contributed by atoms with Crippen molar-refractivity contribution in [2.24, 2.45) is 0 Å².